The van der Waals surface area contributed by atoms with Gasteiger partial charge in [0.15, 0.2) is 5.82 Å². The first-order chi connectivity index (χ1) is 9.62. The van der Waals surface area contributed by atoms with E-state index >= 15 is 0 Å². The summed E-state index contributed by atoms with van der Waals surface area (Å²) in [4.78, 5) is 4.57. The van der Waals surface area contributed by atoms with E-state index in [2.05, 4.69) is 19.9 Å². The molecule has 0 radical (unpaired) electrons. The van der Waals surface area contributed by atoms with Gasteiger partial charge in [0.2, 0.25) is 0 Å². The fraction of sp³-hybridized carbons (Fsp3) is 0.250. The normalized spacial score (nSPS) is 17.9. The van der Waals surface area contributed by atoms with Crippen molar-refractivity contribution in [3.05, 3.63) is 42.0 Å². The predicted octanol–water partition coefficient (Wildman–Crippen LogP) is 0.537. The molecule has 8 heteroatoms. The first kappa shape index (κ1) is 12.8. The predicted molar refractivity (Wildman–Crippen MR) is 72.7 cm³/mol. The summed E-state index contributed by atoms with van der Waals surface area (Å²) >= 11 is 0. The molecule has 0 atom stereocenters. The average molecular weight is 291 g/mol. The summed E-state index contributed by atoms with van der Waals surface area (Å²) < 4.78 is 28.2. The van der Waals surface area contributed by atoms with E-state index in [0.717, 1.165) is 6.54 Å². The zero-order valence-corrected chi connectivity index (χ0v) is 11.6. The molecule has 0 spiro atoms. The zero-order valence-electron chi connectivity index (χ0n) is 10.8. The van der Waals surface area contributed by atoms with Crippen molar-refractivity contribution in [2.24, 2.45) is 4.99 Å². The molecule has 0 unspecified atom stereocenters. The maximum Gasteiger partial charge on any atom is 0.263 e. The van der Waals surface area contributed by atoms with Crippen LogP contribution >= 0.6 is 0 Å². The van der Waals surface area contributed by atoms with E-state index in [1.807, 2.05) is 11.5 Å². The maximum atomic E-state index is 11.9. The number of benzene rings is 1. The maximum absolute atomic E-state index is 11.9. The van der Waals surface area contributed by atoms with Gasteiger partial charge in [0.1, 0.15) is 18.7 Å². The van der Waals surface area contributed by atoms with Crippen molar-refractivity contribution in [1.29, 1.82) is 0 Å². The van der Waals surface area contributed by atoms with Crippen LogP contribution in [0.2, 0.25) is 0 Å². The van der Waals surface area contributed by atoms with Crippen LogP contribution in [-0.4, -0.2) is 29.0 Å². The summed E-state index contributed by atoms with van der Waals surface area (Å²) in [5.41, 5.74) is 0.593. The highest BCUT2D eigenvalue weighted by Crippen LogP contribution is 2.22. The molecule has 0 saturated carbocycles. The second-order valence-electron chi connectivity index (χ2n) is 4.30. The van der Waals surface area contributed by atoms with Crippen LogP contribution in [0.5, 0.6) is 0 Å². The number of aliphatic imine (C=N–C) groups is 1. The van der Waals surface area contributed by atoms with E-state index in [9.17, 15) is 8.42 Å². The molecule has 0 fully saturated rings. The third-order valence-electron chi connectivity index (χ3n) is 3.08. The van der Waals surface area contributed by atoms with Gasteiger partial charge in [-0.3, -0.25) is 9.71 Å². The van der Waals surface area contributed by atoms with Crippen LogP contribution in [0.15, 0.2) is 40.5 Å². The number of amidine groups is 1. The van der Waals surface area contributed by atoms with Crippen molar-refractivity contribution in [3.63, 3.8) is 0 Å². The summed E-state index contributed by atoms with van der Waals surface area (Å²) in [6.45, 7) is 3.00. The number of rotatable bonds is 3. The quantitative estimate of drug-likeness (QED) is 0.893. The molecule has 0 aliphatic carbocycles. The van der Waals surface area contributed by atoms with Crippen molar-refractivity contribution in [2.45, 2.75) is 24.9 Å². The smallest absolute Gasteiger partial charge is 0.263 e. The summed E-state index contributed by atoms with van der Waals surface area (Å²) in [6, 6.07) is 6.77. The third-order valence-corrected chi connectivity index (χ3v) is 4.47. The van der Waals surface area contributed by atoms with E-state index in [-0.39, 0.29) is 11.4 Å². The van der Waals surface area contributed by atoms with Gasteiger partial charge < -0.3 is 4.57 Å². The van der Waals surface area contributed by atoms with Crippen LogP contribution in [0.4, 0.5) is 0 Å². The number of nitrogens with one attached hydrogen (secondary N) is 1. The Kier molecular flexibility index (Phi) is 3.01. The number of aryl methyl sites for hydroxylation is 1. The highest BCUT2D eigenvalue weighted by atomic mass is 32.2. The Morgan fingerprint density at radius 3 is 2.95 bits per heavy atom. The number of nitrogens with zero attached hydrogens (tertiary/aromatic N) is 4. The lowest BCUT2D eigenvalue weighted by Gasteiger charge is -2.01. The Balaban J connectivity index is 1.95. The van der Waals surface area contributed by atoms with Crippen LogP contribution in [0.3, 0.4) is 0 Å². The molecule has 0 bridgehead atoms. The SMILES string of the molecule is CCn1cnnc1CN=C1NS(=O)(=O)c2ccccc21. The first-order valence-electron chi connectivity index (χ1n) is 6.15. The summed E-state index contributed by atoms with van der Waals surface area (Å²) in [5, 5.41) is 7.79. The Morgan fingerprint density at radius 1 is 1.35 bits per heavy atom. The van der Waals surface area contributed by atoms with Gasteiger partial charge >= 0.3 is 0 Å². The van der Waals surface area contributed by atoms with E-state index in [1.54, 1.807) is 30.6 Å². The molecule has 104 valence electrons. The Labute approximate surface area is 116 Å². The molecule has 0 saturated heterocycles. The fourth-order valence-corrected chi connectivity index (χ4v) is 3.32. The topological polar surface area (TPSA) is 89.2 Å². The fourth-order valence-electron chi connectivity index (χ4n) is 2.07. The Hall–Kier alpha value is -2.22. The van der Waals surface area contributed by atoms with Gasteiger partial charge in [0.25, 0.3) is 10.0 Å². The van der Waals surface area contributed by atoms with Gasteiger partial charge in [0, 0.05) is 12.1 Å². The van der Waals surface area contributed by atoms with Crippen molar-refractivity contribution < 1.29 is 8.42 Å². The molecule has 1 aromatic carbocycles. The number of aromatic nitrogens is 3. The molecule has 7 nitrogen and oxygen atoms in total. The van der Waals surface area contributed by atoms with Crippen LogP contribution in [0, 0.1) is 0 Å². The molecule has 3 rings (SSSR count). The number of hydrogen-bond donors (Lipinski definition) is 1. The van der Waals surface area contributed by atoms with E-state index in [0.29, 0.717) is 17.2 Å². The molecule has 2 aromatic rings. The number of hydrogen-bond acceptors (Lipinski definition) is 5. The minimum absolute atomic E-state index is 0.260. The monoisotopic (exact) mass is 291 g/mol. The lowest BCUT2D eigenvalue weighted by molar-refractivity contribution is 0.595. The van der Waals surface area contributed by atoms with Gasteiger partial charge in [-0.25, -0.2) is 8.42 Å². The lowest BCUT2D eigenvalue weighted by Crippen LogP contribution is -2.22. The summed E-state index contributed by atoms with van der Waals surface area (Å²) in [7, 11) is -3.49. The van der Waals surface area contributed by atoms with Gasteiger partial charge in [-0.2, -0.15) is 0 Å². The highest BCUT2D eigenvalue weighted by Gasteiger charge is 2.30. The standard InChI is InChI=1S/C12H13N5O2S/c1-2-17-8-14-15-11(17)7-13-12-9-5-3-4-6-10(9)20(18,19)16-12/h3-6,8H,2,7H2,1H3,(H,13,16). The summed E-state index contributed by atoms with van der Waals surface area (Å²) in [5.74, 6) is 1.05. The Bertz CT molecular complexity index is 779. The lowest BCUT2D eigenvalue weighted by atomic mass is 10.2. The van der Waals surface area contributed by atoms with E-state index < -0.39 is 10.0 Å². The summed E-state index contributed by atoms with van der Waals surface area (Å²) in [6.07, 6.45) is 1.63. The van der Waals surface area contributed by atoms with Crippen LogP contribution in [0.1, 0.15) is 18.3 Å². The molecule has 1 aliphatic heterocycles. The molecular weight excluding hydrogens is 278 g/mol. The van der Waals surface area contributed by atoms with E-state index in [1.165, 1.54) is 0 Å². The first-order valence-corrected chi connectivity index (χ1v) is 7.63. The minimum atomic E-state index is -3.49. The van der Waals surface area contributed by atoms with Crippen molar-refractivity contribution >= 4 is 15.9 Å². The van der Waals surface area contributed by atoms with Crippen molar-refractivity contribution in [1.82, 2.24) is 19.5 Å². The third kappa shape index (κ3) is 2.07. The number of fused-ring (bicyclic) bond motifs is 1. The van der Waals surface area contributed by atoms with Gasteiger partial charge in [-0.15, -0.1) is 10.2 Å². The van der Waals surface area contributed by atoms with Crippen LogP contribution in [0.25, 0.3) is 0 Å². The number of sulfonamides is 1. The zero-order chi connectivity index (χ0) is 14.2. The molecular formula is C12H13N5O2S. The van der Waals surface area contributed by atoms with Crippen molar-refractivity contribution in [2.75, 3.05) is 0 Å². The molecule has 1 N–H and O–H groups in total. The molecule has 20 heavy (non-hydrogen) atoms. The van der Waals surface area contributed by atoms with Gasteiger partial charge in [0.05, 0.1) is 4.90 Å². The van der Waals surface area contributed by atoms with E-state index in [4.69, 9.17) is 0 Å². The second kappa shape index (κ2) is 4.71. The highest BCUT2D eigenvalue weighted by molar-refractivity contribution is 7.90. The van der Waals surface area contributed by atoms with Crippen LogP contribution < -0.4 is 4.72 Å². The van der Waals surface area contributed by atoms with Crippen molar-refractivity contribution in [3.8, 4) is 0 Å². The van der Waals surface area contributed by atoms with Gasteiger partial charge in [-0.05, 0) is 19.1 Å². The molecule has 1 aromatic heterocycles. The van der Waals surface area contributed by atoms with Crippen LogP contribution in [-0.2, 0) is 23.1 Å². The molecule has 0 amide bonds. The molecule has 2 heterocycles. The largest absolute Gasteiger partial charge is 0.316 e. The second-order valence-corrected chi connectivity index (χ2v) is 5.95. The average Bonchev–Trinajstić information content (AvgIpc) is 3.00. The Morgan fingerprint density at radius 2 is 2.15 bits per heavy atom. The minimum Gasteiger partial charge on any atom is -0.316 e. The molecule has 1 aliphatic rings. The van der Waals surface area contributed by atoms with Gasteiger partial charge in [-0.1, -0.05) is 12.1 Å².